The number of benzene rings is 1. The molecule has 0 aliphatic heterocycles. The molecule has 1 aromatic rings. The maximum absolute atomic E-state index is 11.7. The molecule has 0 unspecified atom stereocenters. The van der Waals surface area contributed by atoms with E-state index in [1.165, 1.54) is 0 Å². The summed E-state index contributed by atoms with van der Waals surface area (Å²) in [5, 5.41) is 2.14. The fourth-order valence-electron chi connectivity index (χ4n) is 1.46. The Bertz CT molecular complexity index is 601. The summed E-state index contributed by atoms with van der Waals surface area (Å²) in [6.07, 6.45) is -0.489. The number of nitrogens with one attached hydrogen (secondary N) is 2. The molecule has 1 rings (SSSR count). The summed E-state index contributed by atoms with van der Waals surface area (Å²) in [7, 11) is -3.35. The molecule has 0 bridgehead atoms. The van der Waals surface area contributed by atoms with Gasteiger partial charge in [0.1, 0.15) is 5.60 Å². The topological polar surface area (TPSA) is 84.5 Å². The highest BCUT2D eigenvalue weighted by Crippen LogP contribution is 2.13. The van der Waals surface area contributed by atoms with Gasteiger partial charge in [-0.1, -0.05) is 12.1 Å². The minimum atomic E-state index is -3.35. The lowest BCUT2D eigenvalue weighted by Crippen LogP contribution is -2.32. The van der Waals surface area contributed by atoms with E-state index in [4.69, 9.17) is 4.74 Å². The summed E-state index contributed by atoms with van der Waals surface area (Å²) >= 11 is 0. The van der Waals surface area contributed by atoms with E-state index in [1.807, 2.05) is 0 Å². The van der Waals surface area contributed by atoms with Gasteiger partial charge in [-0.25, -0.2) is 13.2 Å². The highest BCUT2D eigenvalue weighted by atomic mass is 32.2. The smallest absolute Gasteiger partial charge is 0.407 e. The van der Waals surface area contributed by atoms with Crippen molar-refractivity contribution in [3.63, 3.8) is 0 Å². The highest BCUT2D eigenvalue weighted by Gasteiger charge is 2.16. The predicted octanol–water partition coefficient (Wildman–Crippen LogP) is 2.86. The first-order chi connectivity index (χ1) is 9.99. The van der Waals surface area contributed by atoms with Gasteiger partial charge in [0, 0.05) is 12.2 Å². The van der Waals surface area contributed by atoms with Crippen LogP contribution in [0.5, 0.6) is 0 Å². The Morgan fingerprint density at radius 2 is 1.73 bits per heavy atom. The number of sulfonamides is 1. The normalized spacial score (nSPS) is 12.1. The summed E-state index contributed by atoms with van der Waals surface area (Å²) in [5.41, 5.74) is 0.802. The van der Waals surface area contributed by atoms with Crippen LogP contribution in [0.4, 0.5) is 10.5 Å². The molecular formula is C15H24N2O4S. The van der Waals surface area contributed by atoms with Crippen LogP contribution in [0.15, 0.2) is 24.3 Å². The van der Waals surface area contributed by atoms with Crippen LogP contribution in [0.2, 0.25) is 0 Å². The van der Waals surface area contributed by atoms with Gasteiger partial charge in [-0.2, -0.15) is 0 Å². The van der Waals surface area contributed by atoms with E-state index in [0.29, 0.717) is 12.2 Å². The van der Waals surface area contributed by atoms with Crippen molar-refractivity contribution in [3.05, 3.63) is 29.8 Å². The van der Waals surface area contributed by atoms with Crippen LogP contribution < -0.4 is 10.0 Å². The van der Waals surface area contributed by atoms with Crippen molar-refractivity contribution in [1.29, 1.82) is 0 Å². The molecular weight excluding hydrogens is 304 g/mol. The first kappa shape index (κ1) is 18.3. The number of carbonyl (C=O) groups excluding carboxylic acids is 1. The van der Waals surface area contributed by atoms with E-state index in [9.17, 15) is 13.2 Å². The molecule has 0 aromatic heterocycles. The molecule has 0 aliphatic carbocycles. The quantitative estimate of drug-likeness (QED) is 0.870. The Hall–Kier alpha value is -1.76. The van der Waals surface area contributed by atoms with E-state index in [1.54, 1.807) is 58.9 Å². The number of carbonyl (C=O) groups is 1. The molecule has 0 saturated heterocycles. The van der Waals surface area contributed by atoms with Crippen molar-refractivity contribution in [2.24, 2.45) is 0 Å². The summed E-state index contributed by atoms with van der Waals surface area (Å²) in [4.78, 5) is 11.5. The zero-order valence-electron chi connectivity index (χ0n) is 13.6. The number of ether oxygens (including phenoxy) is 1. The van der Waals surface area contributed by atoms with Gasteiger partial charge in [0.2, 0.25) is 10.0 Å². The Morgan fingerprint density at radius 1 is 1.18 bits per heavy atom. The van der Waals surface area contributed by atoms with Crippen molar-refractivity contribution in [3.8, 4) is 0 Å². The Balaban J connectivity index is 2.58. The Kier molecular flexibility index (Phi) is 5.82. The zero-order chi connectivity index (χ0) is 17.0. The van der Waals surface area contributed by atoms with Gasteiger partial charge in [-0.3, -0.25) is 4.72 Å². The lowest BCUT2D eigenvalue weighted by molar-refractivity contribution is 0.0523. The standard InChI is InChI=1S/C15H24N2O4S/c1-11(2)22(19,20)17-13-8-6-12(7-9-13)10-16-14(18)21-15(3,4)5/h6-9,11,17H,10H2,1-5H3,(H,16,18). The number of alkyl carbamates (subject to hydrolysis) is 1. The van der Waals surface area contributed by atoms with Gasteiger partial charge in [0.05, 0.1) is 5.25 Å². The average Bonchev–Trinajstić information content (AvgIpc) is 2.35. The molecule has 124 valence electrons. The number of hydrogen-bond acceptors (Lipinski definition) is 4. The van der Waals surface area contributed by atoms with Crippen LogP contribution in [-0.4, -0.2) is 25.4 Å². The minimum absolute atomic E-state index is 0.312. The minimum Gasteiger partial charge on any atom is -0.444 e. The molecule has 1 aromatic carbocycles. The molecule has 0 heterocycles. The molecule has 0 saturated carbocycles. The second kappa shape index (κ2) is 7.00. The number of anilines is 1. The Morgan fingerprint density at radius 3 is 2.18 bits per heavy atom. The molecule has 1 amide bonds. The third-order valence-corrected chi connectivity index (χ3v) is 4.43. The summed E-state index contributed by atoms with van der Waals surface area (Å²) in [6.45, 7) is 8.92. The summed E-state index contributed by atoms with van der Waals surface area (Å²) in [5.74, 6) is 0. The summed E-state index contributed by atoms with van der Waals surface area (Å²) < 4.78 is 31.1. The molecule has 0 fully saturated rings. The highest BCUT2D eigenvalue weighted by molar-refractivity contribution is 7.93. The van der Waals surface area contributed by atoms with Crippen LogP contribution in [0, 0.1) is 0 Å². The monoisotopic (exact) mass is 328 g/mol. The summed E-state index contributed by atoms with van der Waals surface area (Å²) in [6, 6.07) is 6.81. The van der Waals surface area contributed by atoms with E-state index < -0.39 is 27.0 Å². The predicted molar refractivity (Wildman–Crippen MR) is 87.2 cm³/mol. The zero-order valence-corrected chi connectivity index (χ0v) is 14.5. The van der Waals surface area contributed by atoms with Gasteiger partial charge >= 0.3 is 6.09 Å². The van der Waals surface area contributed by atoms with Crippen LogP contribution in [0.3, 0.4) is 0 Å². The first-order valence-electron chi connectivity index (χ1n) is 7.07. The second-order valence-electron chi connectivity index (χ2n) is 6.25. The largest absolute Gasteiger partial charge is 0.444 e. The average molecular weight is 328 g/mol. The van der Waals surface area contributed by atoms with Crippen molar-refractivity contribution in [1.82, 2.24) is 5.32 Å². The van der Waals surface area contributed by atoms with E-state index in [-0.39, 0.29) is 0 Å². The maximum Gasteiger partial charge on any atom is 0.407 e. The van der Waals surface area contributed by atoms with Crippen LogP contribution in [0.25, 0.3) is 0 Å². The van der Waals surface area contributed by atoms with Gasteiger partial charge in [-0.05, 0) is 52.3 Å². The maximum atomic E-state index is 11.7. The van der Waals surface area contributed by atoms with E-state index >= 15 is 0 Å². The molecule has 22 heavy (non-hydrogen) atoms. The first-order valence-corrected chi connectivity index (χ1v) is 8.62. The molecule has 0 atom stereocenters. The molecule has 2 N–H and O–H groups in total. The number of amides is 1. The van der Waals surface area contributed by atoms with Crippen molar-refractivity contribution in [2.45, 2.75) is 52.0 Å². The number of hydrogen-bond donors (Lipinski definition) is 2. The van der Waals surface area contributed by atoms with Crippen molar-refractivity contribution in [2.75, 3.05) is 4.72 Å². The van der Waals surface area contributed by atoms with Gasteiger partial charge in [0.25, 0.3) is 0 Å². The second-order valence-corrected chi connectivity index (χ2v) is 8.49. The van der Waals surface area contributed by atoms with Crippen LogP contribution in [-0.2, 0) is 21.3 Å². The fourth-order valence-corrected chi connectivity index (χ4v) is 2.16. The molecule has 7 heteroatoms. The lowest BCUT2D eigenvalue weighted by atomic mass is 10.2. The fraction of sp³-hybridized carbons (Fsp3) is 0.533. The molecule has 6 nitrogen and oxygen atoms in total. The van der Waals surface area contributed by atoms with Crippen LogP contribution >= 0.6 is 0 Å². The van der Waals surface area contributed by atoms with E-state index in [2.05, 4.69) is 10.0 Å². The number of rotatable bonds is 5. The third-order valence-electron chi connectivity index (χ3n) is 2.67. The van der Waals surface area contributed by atoms with E-state index in [0.717, 1.165) is 5.56 Å². The van der Waals surface area contributed by atoms with Crippen LogP contribution in [0.1, 0.15) is 40.2 Å². The van der Waals surface area contributed by atoms with Gasteiger partial charge < -0.3 is 10.1 Å². The van der Waals surface area contributed by atoms with Gasteiger partial charge in [0.15, 0.2) is 0 Å². The Labute approximate surface area is 132 Å². The molecule has 0 spiro atoms. The van der Waals surface area contributed by atoms with Gasteiger partial charge in [-0.15, -0.1) is 0 Å². The molecule has 0 aliphatic rings. The third kappa shape index (κ3) is 6.34. The van der Waals surface area contributed by atoms with Crippen molar-refractivity contribution < 1.29 is 17.9 Å². The molecule has 0 radical (unpaired) electrons. The lowest BCUT2D eigenvalue weighted by Gasteiger charge is -2.19. The SMILES string of the molecule is CC(C)S(=O)(=O)Nc1ccc(CNC(=O)OC(C)(C)C)cc1. The van der Waals surface area contributed by atoms with Crippen molar-refractivity contribution >= 4 is 21.8 Å².